The zero-order chi connectivity index (χ0) is 20.8. The summed E-state index contributed by atoms with van der Waals surface area (Å²) in [5.74, 6) is 1.10. The van der Waals surface area contributed by atoms with Crippen LogP contribution in [-0.2, 0) is 11.2 Å². The Morgan fingerprint density at radius 1 is 0.867 bits per heavy atom. The van der Waals surface area contributed by atoms with E-state index in [1.165, 1.54) is 0 Å². The van der Waals surface area contributed by atoms with E-state index in [-0.39, 0.29) is 18.3 Å². The third kappa shape index (κ3) is 4.72. The molecule has 30 heavy (non-hydrogen) atoms. The fraction of sp³-hybridized carbons (Fsp3) is 0.125. The van der Waals surface area contributed by atoms with Gasteiger partial charge in [-0.15, -0.1) is 0 Å². The molecule has 0 saturated carbocycles. The smallest absolute Gasteiger partial charge is 0.257 e. The van der Waals surface area contributed by atoms with Crippen LogP contribution in [0.4, 0.5) is 0 Å². The van der Waals surface area contributed by atoms with Crippen molar-refractivity contribution in [3.05, 3.63) is 95.8 Å². The van der Waals surface area contributed by atoms with E-state index < -0.39 is 0 Å². The zero-order valence-corrected chi connectivity index (χ0v) is 16.3. The normalized spacial score (nSPS) is 10.7. The highest BCUT2D eigenvalue weighted by molar-refractivity contribution is 6.09. The number of imidazole rings is 1. The number of aromatic nitrogens is 2. The largest absolute Gasteiger partial charge is 0.484 e. The maximum Gasteiger partial charge on any atom is 0.257 e. The van der Waals surface area contributed by atoms with Crippen molar-refractivity contribution < 1.29 is 14.3 Å². The molecule has 0 aliphatic heterocycles. The Balaban J connectivity index is 1.23. The van der Waals surface area contributed by atoms with E-state index in [1.807, 2.05) is 42.5 Å². The van der Waals surface area contributed by atoms with Gasteiger partial charge in [-0.2, -0.15) is 0 Å². The predicted molar refractivity (Wildman–Crippen MR) is 115 cm³/mol. The second-order valence-electron chi connectivity index (χ2n) is 6.81. The number of ketones is 1. The topological polar surface area (TPSA) is 84.1 Å². The van der Waals surface area contributed by atoms with Crippen LogP contribution in [0.2, 0.25) is 0 Å². The monoisotopic (exact) mass is 399 g/mol. The number of aromatic amines is 1. The quantitative estimate of drug-likeness (QED) is 0.444. The number of hydrogen-bond acceptors (Lipinski definition) is 4. The van der Waals surface area contributed by atoms with Gasteiger partial charge in [0.05, 0.1) is 11.0 Å². The molecule has 4 rings (SSSR count). The number of nitrogens with one attached hydrogen (secondary N) is 2. The van der Waals surface area contributed by atoms with Gasteiger partial charge in [-0.25, -0.2) is 4.98 Å². The number of nitrogens with zero attached hydrogens (tertiary/aromatic N) is 1. The second-order valence-corrected chi connectivity index (χ2v) is 6.81. The van der Waals surface area contributed by atoms with Gasteiger partial charge < -0.3 is 15.0 Å². The van der Waals surface area contributed by atoms with Crippen LogP contribution in [0.15, 0.2) is 78.9 Å². The van der Waals surface area contributed by atoms with Crippen molar-refractivity contribution in [2.24, 2.45) is 0 Å². The van der Waals surface area contributed by atoms with E-state index >= 15 is 0 Å². The van der Waals surface area contributed by atoms with Crippen molar-refractivity contribution >= 4 is 22.7 Å². The highest BCUT2D eigenvalue weighted by Gasteiger charge is 2.09. The Bertz CT molecular complexity index is 1120. The van der Waals surface area contributed by atoms with Crippen LogP contribution in [-0.4, -0.2) is 34.8 Å². The number of ether oxygens (including phenoxy) is 1. The minimum absolute atomic E-state index is 0.0505. The van der Waals surface area contributed by atoms with Crippen LogP contribution in [0.25, 0.3) is 11.0 Å². The molecule has 1 aromatic heterocycles. The van der Waals surface area contributed by atoms with Crippen molar-refractivity contribution in [3.8, 4) is 5.75 Å². The molecule has 0 aliphatic carbocycles. The van der Waals surface area contributed by atoms with Gasteiger partial charge in [0.2, 0.25) is 0 Å². The molecule has 0 bridgehead atoms. The van der Waals surface area contributed by atoms with Gasteiger partial charge in [-0.3, -0.25) is 9.59 Å². The Kier molecular flexibility index (Phi) is 5.85. The minimum Gasteiger partial charge on any atom is -0.484 e. The summed E-state index contributed by atoms with van der Waals surface area (Å²) in [6, 6.07) is 23.7. The first-order valence-corrected chi connectivity index (χ1v) is 9.72. The molecular weight excluding hydrogens is 378 g/mol. The lowest BCUT2D eigenvalue weighted by Crippen LogP contribution is -2.30. The lowest BCUT2D eigenvalue weighted by atomic mass is 10.0. The zero-order valence-electron chi connectivity index (χ0n) is 16.3. The summed E-state index contributed by atoms with van der Waals surface area (Å²) in [4.78, 5) is 32.1. The van der Waals surface area contributed by atoms with E-state index in [2.05, 4.69) is 15.3 Å². The molecule has 4 aromatic rings. The highest BCUT2D eigenvalue weighted by atomic mass is 16.5. The number of carbonyl (C=O) groups excluding carboxylic acids is 2. The van der Waals surface area contributed by atoms with Crippen molar-refractivity contribution in [2.75, 3.05) is 13.2 Å². The number of fused-ring (bicyclic) bond motifs is 1. The Morgan fingerprint density at radius 3 is 2.33 bits per heavy atom. The summed E-state index contributed by atoms with van der Waals surface area (Å²) in [6.45, 7) is 0.374. The van der Waals surface area contributed by atoms with Crippen molar-refractivity contribution in [1.29, 1.82) is 0 Å². The number of H-pyrrole nitrogens is 1. The molecule has 0 spiro atoms. The van der Waals surface area contributed by atoms with Gasteiger partial charge in [0.15, 0.2) is 12.4 Å². The third-order valence-corrected chi connectivity index (χ3v) is 4.64. The molecule has 6 heteroatoms. The van der Waals surface area contributed by atoms with Crippen molar-refractivity contribution in [2.45, 2.75) is 6.42 Å². The van der Waals surface area contributed by atoms with Gasteiger partial charge >= 0.3 is 0 Å². The number of carbonyl (C=O) groups is 2. The second kappa shape index (κ2) is 9.05. The van der Waals surface area contributed by atoms with Crippen LogP contribution >= 0.6 is 0 Å². The first kappa shape index (κ1) is 19.4. The Hall–Kier alpha value is -3.93. The summed E-state index contributed by atoms with van der Waals surface area (Å²) in [6.07, 6.45) is 0.608. The Morgan fingerprint density at radius 2 is 1.57 bits per heavy atom. The molecular formula is C24H21N3O3. The fourth-order valence-electron chi connectivity index (χ4n) is 3.10. The SMILES string of the molecule is O=C(COc1ccc(C(=O)c2ccccc2)cc1)NCCc1nc2ccccc2[nH]1. The molecule has 2 N–H and O–H groups in total. The van der Waals surface area contributed by atoms with Crippen molar-refractivity contribution in [3.63, 3.8) is 0 Å². The number of benzene rings is 3. The van der Waals surface area contributed by atoms with Crippen LogP contribution < -0.4 is 10.1 Å². The molecule has 0 aliphatic rings. The molecule has 6 nitrogen and oxygen atoms in total. The number of amides is 1. The summed E-state index contributed by atoms with van der Waals surface area (Å²) < 4.78 is 5.51. The summed E-state index contributed by atoms with van der Waals surface area (Å²) in [5.41, 5.74) is 3.10. The first-order chi connectivity index (χ1) is 14.7. The number of rotatable bonds is 8. The molecule has 0 saturated heterocycles. The van der Waals surface area contributed by atoms with Gasteiger partial charge in [0.1, 0.15) is 11.6 Å². The average Bonchev–Trinajstić information content (AvgIpc) is 3.21. The predicted octanol–water partition coefficient (Wildman–Crippen LogP) is 3.53. The van der Waals surface area contributed by atoms with Gasteiger partial charge in [-0.05, 0) is 36.4 Å². The first-order valence-electron chi connectivity index (χ1n) is 9.72. The summed E-state index contributed by atoms with van der Waals surface area (Å²) >= 11 is 0. The molecule has 150 valence electrons. The molecule has 0 atom stereocenters. The molecule has 3 aromatic carbocycles. The number of hydrogen-bond donors (Lipinski definition) is 2. The van der Waals surface area contributed by atoms with E-state index in [9.17, 15) is 9.59 Å². The molecule has 0 unspecified atom stereocenters. The van der Waals surface area contributed by atoms with Gasteiger partial charge in [-0.1, -0.05) is 42.5 Å². The maximum atomic E-state index is 12.4. The van der Waals surface area contributed by atoms with Crippen LogP contribution in [0.3, 0.4) is 0 Å². The third-order valence-electron chi connectivity index (χ3n) is 4.64. The summed E-state index contributed by atoms with van der Waals surface area (Å²) in [7, 11) is 0. The maximum absolute atomic E-state index is 12.4. The lowest BCUT2D eigenvalue weighted by Gasteiger charge is -2.08. The van der Waals surface area contributed by atoms with E-state index in [4.69, 9.17) is 4.74 Å². The summed E-state index contributed by atoms with van der Waals surface area (Å²) in [5, 5.41) is 2.82. The highest BCUT2D eigenvalue weighted by Crippen LogP contribution is 2.15. The number of para-hydroxylation sites is 2. The van der Waals surface area contributed by atoms with Gasteiger partial charge in [0.25, 0.3) is 5.91 Å². The van der Waals surface area contributed by atoms with Crippen LogP contribution in [0.1, 0.15) is 21.7 Å². The standard InChI is InChI=1S/C24H21N3O3/c28-23(25-15-14-22-26-20-8-4-5-9-21(20)27-22)16-30-19-12-10-18(11-13-19)24(29)17-6-2-1-3-7-17/h1-13H,14-16H2,(H,25,28)(H,26,27). The molecule has 1 amide bonds. The van der Waals surface area contributed by atoms with Crippen LogP contribution in [0.5, 0.6) is 5.75 Å². The lowest BCUT2D eigenvalue weighted by molar-refractivity contribution is -0.123. The van der Waals surface area contributed by atoms with Crippen molar-refractivity contribution in [1.82, 2.24) is 15.3 Å². The van der Waals surface area contributed by atoms with E-state index in [1.54, 1.807) is 36.4 Å². The molecule has 1 heterocycles. The van der Waals surface area contributed by atoms with Gasteiger partial charge in [0, 0.05) is 24.1 Å². The minimum atomic E-state index is -0.212. The average molecular weight is 399 g/mol. The van der Waals surface area contributed by atoms with Crippen LogP contribution in [0, 0.1) is 0 Å². The van der Waals surface area contributed by atoms with E-state index in [0.717, 1.165) is 16.9 Å². The Labute approximate surface area is 173 Å². The fourth-order valence-corrected chi connectivity index (χ4v) is 3.10. The molecule has 0 fully saturated rings. The van der Waals surface area contributed by atoms with E-state index in [0.29, 0.717) is 29.8 Å². The molecule has 0 radical (unpaired) electrons.